The molecule has 2 aromatic heterocycles. The normalized spacial score (nSPS) is 12.0. The lowest BCUT2D eigenvalue weighted by Crippen LogP contribution is -2.31. The highest BCUT2D eigenvalue weighted by molar-refractivity contribution is 6.34. The zero-order chi connectivity index (χ0) is 27.8. The number of fused-ring (bicyclic) bond motifs is 1. The number of benzene rings is 3. The van der Waals surface area contributed by atoms with Gasteiger partial charge >= 0.3 is 5.69 Å². The van der Waals surface area contributed by atoms with Crippen LogP contribution in [0.25, 0.3) is 16.6 Å². The molecule has 1 amide bonds. The van der Waals surface area contributed by atoms with Crippen LogP contribution >= 0.6 is 11.6 Å². The molecule has 0 aliphatic carbocycles. The molecule has 39 heavy (non-hydrogen) atoms. The van der Waals surface area contributed by atoms with Crippen LogP contribution in [0, 0.1) is 18.6 Å². The maximum atomic E-state index is 14.6. The number of nitrogens with one attached hydrogen (secondary N) is 2. The number of aromatic amines is 1. The Morgan fingerprint density at radius 1 is 1.13 bits per heavy atom. The Morgan fingerprint density at radius 2 is 1.92 bits per heavy atom. The van der Waals surface area contributed by atoms with Gasteiger partial charge in [0.1, 0.15) is 29.3 Å². The fourth-order valence-corrected chi connectivity index (χ4v) is 4.60. The average Bonchev–Trinajstić information content (AvgIpc) is 3.24. The Hall–Kier alpha value is -4.64. The van der Waals surface area contributed by atoms with Gasteiger partial charge in [0.15, 0.2) is 0 Å². The molecule has 198 valence electrons. The van der Waals surface area contributed by atoms with Crippen molar-refractivity contribution in [2.45, 2.75) is 12.8 Å². The van der Waals surface area contributed by atoms with E-state index in [-0.39, 0.29) is 39.5 Å². The summed E-state index contributed by atoms with van der Waals surface area (Å²) in [5.74, 6) is -2.53. The highest BCUT2D eigenvalue weighted by Crippen LogP contribution is 2.25. The highest BCUT2D eigenvalue weighted by atomic mass is 35.5. The van der Waals surface area contributed by atoms with Gasteiger partial charge in [0, 0.05) is 13.6 Å². The predicted octanol–water partition coefficient (Wildman–Crippen LogP) is 3.61. The van der Waals surface area contributed by atoms with E-state index in [4.69, 9.17) is 11.6 Å². The van der Waals surface area contributed by atoms with E-state index in [0.29, 0.717) is 16.8 Å². The third-order valence-electron chi connectivity index (χ3n) is 6.38. The van der Waals surface area contributed by atoms with E-state index < -0.39 is 29.0 Å². The van der Waals surface area contributed by atoms with Crippen molar-refractivity contribution in [2.75, 3.05) is 6.54 Å². The zero-order valence-corrected chi connectivity index (χ0v) is 21.5. The standard InChI is InChI=1S/C27H21ClF2N6O3/c1-14-6-9-21(30)23-22(14)26(38)34-24(33-23)19(15-4-3-5-16(29)10-15)12-31-25(37)18-8-7-17(11-20(18)28)36-13-32-35(2)27(36)39/h3-11,13,19H,12H2,1-2H3,(H,31,37)(H,33,34,38)/t19-/m0/s1. The fraction of sp³-hybridized carbons (Fsp3) is 0.148. The number of aromatic nitrogens is 5. The van der Waals surface area contributed by atoms with Crippen molar-refractivity contribution >= 4 is 28.4 Å². The summed E-state index contributed by atoms with van der Waals surface area (Å²) in [6.07, 6.45) is 1.33. The molecule has 2 N–H and O–H groups in total. The van der Waals surface area contributed by atoms with E-state index >= 15 is 0 Å². The van der Waals surface area contributed by atoms with E-state index in [2.05, 4.69) is 20.4 Å². The number of hydrogen-bond acceptors (Lipinski definition) is 5. The first-order valence-electron chi connectivity index (χ1n) is 11.8. The number of carbonyl (C=O) groups is 1. The second kappa shape index (κ2) is 10.3. The largest absolute Gasteiger partial charge is 0.351 e. The molecular formula is C27H21ClF2N6O3. The summed E-state index contributed by atoms with van der Waals surface area (Å²) in [6.45, 7) is 1.55. The van der Waals surface area contributed by atoms with Gasteiger partial charge in [0.25, 0.3) is 11.5 Å². The molecule has 0 bridgehead atoms. The summed E-state index contributed by atoms with van der Waals surface area (Å²) in [4.78, 5) is 45.2. The van der Waals surface area contributed by atoms with Gasteiger partial charge in [-0.3, -0.25) is 9.59 Å². The van der Waals surface area contributed by atoms with Crippen molar-refractivity contribution in [3.8, 4) is 5.69 Å². The van der Waals surface area contributed by atoms with Crippen LogP contribution in [0.15, 0.2) is 70.5 Å². The Labute approximate surface area is 224 Å². The predicted molar refractivity (Wildman–Crippen MR) is 141 cm³/mol. The summed E-state index contributed by atoms with van der Waals surface area (Å²) >= 11 is 6.37. The first-order valence-corrected chi connectivity index (χ1v) is 12.1. The molecule has 0 aliphatic rings. The molecule has 12 heteroatoms. The van der Waals surface area contributed by atoms with E-state index in [1.54, 1.807) is 19.1 Å². The van der Waals surface area contributed by atoms with Gasteiger partial charge in [-0.15, -0.1) is 0 Å². The first kappa shape index (κ1) is 26.0. The molecule has 5 rings (SSSR count). The second-order valence-corrected chi connectivity index (χ2v) is 9.34. The fourth-order valence-electron chi connectivity index (χ4n) is 4.34. The van der Waals surface area contributed by atoms with Crippen molar-refractivity contribution < 1.29 is 13.6 Å². The summed E-state index contributed by atoms with van der Waals surface area (Å²) < 4.78 is 31.2. The molecule has 0 fully saturated rings. The molecule has 9 nitrogen and oxygen atoms in total. The van der Waals surface area contributed by atoms with Gasteiger partial charge in [-0.1, -0.05) is 29.8 Å². The van der Waals surface area contributed by atoms with Crippen molar-refractivity contribution in [2.24, 2.45) is 7.05 Å². The van der Waals surface area contributed by atoms with E-state index in [0.717, 1.165) is 4.68 Å². The Bertz CT molecular complexity index is 1860. The van der Waals surface area contributed by atoms with Gasteiger partial charge in [0.2, 0.25) is 0 Å². The minimum atomic E-state index is -0.825. The molecule has 0 saturated carbocycles. The van der Waals surface area contributed by atoms with Gasteiger partial charge in [-0.2, -0.15) is 5.10 Å². The summed E-state index contributed by atoms with van der Waals surface area (Å²) in [5, 5.41) is 6.82. The number of amides is 1. The second-order valence-electron chi connectivity index (χ2n) is 8.93. The van der Waals surface area contributed by atoms with Crippen LogP contribution in [0.3, 0.4) is 0 Å². The number of rotatable bonds is 6. The smallest absolute Gasteiger partial charge is 0.350 e. The molecule has 0 saturated heterocycles. The summed E-state index contributed by atoms with van der Waals surface area (Å²) in [6, 6.07) is 12.8. The minimum absolute atomic E-state index is 0.0558. The monoisotopic (exact) mass is 550 g/mol. The maximum absolute atomic E-state index is 14.6. The van der Waals surface area contributed by atoms with Crippen LogP contribution < -0.4 is 16.6 Å². The lowest BCUT2D eigenvalue weighted by molar-refractivity contribution is 0.0952. The van der Waals surface area contributed by atoms with E-state index in [9.17, 15) is 23.2 Å². The Balaban J connectivity index is 1.48. The number of H-pyrrole nitrogens is 1. The Morgan fingerprint density at radius 3 is 2.62 bits per heavy atom. The average molecular weight is 551 g/mol. The van der Waals surface area contributed by atoms with Gasteiger partial charge in [-0.25, -0.2) is 27.8 Å². The van der Waals surface area contributed by atoms with Crippen LogP contribution in [0.1, 0.15) is 33.2 Å². The Kier molecular flexibility index (Phi) is 6.83. The number of hydrogen-bond donors (Lipinski definition) is 2. The van der Waals surface area contributed by atoms with E-state index in [1.807, 2.05) is 0 Å². The first-order chi connectivity index (χ1) is 18.6. The number of carbonyl (C=O) groups excluding carboxylic acids is 1. The van der Waals surface area contributed by atoms with Crippen molar-refractivity contribution in [1.29, 1.82) is 0 Å². The summed E-state index contributed by atoms with van der Waals surface area (Å²) in [7, 11) is 1.50. The van der Waals surface area contributed by atoms with Gasteiger partial charge in [-0.05, 0) is 54.4 Å². The third kappa shape index (κ3) is 4.96. The number of halogens is 3. The van der Waals surface area contributed by atoms with Crippen LogP contribution in [-0.2, 0) is 7.05 Å². The molecule has 2 heterocycles. The van der Waals surface area contributed by atoms with Crippen molar-refractivity contribution in [1.82, 2.24) is 29.6 Å². The number of nitrogens with zero attached hydrogens (tertiary/aromatic N) is 4. The van der Waals surface area contributed by atoms with E-state index in [1.165, 1.54) is 60.4 Å². The molecular weight excluding hydrogens is 530 g/mol. The molecule has 0 radical (unpaired) electrons. The lowest BCUT2D eigenvalue weighted by Gasteiger charge is -2.19. The topological polar surface area (TPSA) is 115 Å². The third-order valence-corrected chi connectivity index (χ3v) is 6.70. The minimum Gasteiger partial charge on any atom is -0.351 e. The number of aryl methyl sites for hydroxylation is 2. The molecule has 3 aromatic carbocycles. The molecule has 0 unspecified atom stereocenters. The zero-order valence-electron chi connectivity index (χ0n) is 20.7. The van der Waals surface area contributed by atoms with Gasteiger partial charge in [0.05, 0.1) is 27.6 Å². The highest BCUT2D eigenvalue weighted by Gasteiger charge is 2.22. The molecule has 1 atom stereocenters. The maximum Gasteiger partial charge on any atom is 0.350 e. The van der Waals surface area contributed by atoms with Crippen molar-refractivity contribution in [3.05, 3.63) is 121 Å². The van der Waals surface area contributed by atoms with Crippen LogP contribution in [0.4, 0.5) is 8.78 Å². The lowest BCUT2D eigenvalue weighted by atomic mass is 9.97. The molecule has 0 spiro atoms. The van der Waals surface area contributed by atoms with Crippen molar-refractivity contribution in [3.63, 3.8) is 0 Å². The quantitative estimate of drug-likeness (QED) is 0.335. The van der Waals surface area contributed by atoms with Crippen LogP contribution in [0.5, 0.6) is 0 Å². The SMILES string of the molecule is Cc1ccc(F)c2nc([C@@H](CNC(=O)c3ccc(-n4cnn(C)c4=O)cc3Cl)c3cccc(F)c3)[nH]c(=O)c12. The van der Waals surface area contributed by atoms with Crippen LogP contribution in [-0.4, -0.2) is 36.8 Å². The van der Waals surface area contributed by atoms with Crippen LogP contribution in [0.2, 0.25) is 5.02 Å². The summed E-state index contributed by atoms with van der Waals surface area (Å²) in [5.41, 5.74) is 0.441. The molecule has 5 aromatic rings. The molecule has 0 aliphatic heterocycles. The van der Waals surface area contributed by atoms with Gasteiger partial charge < -0.3 is 10.3 Å².